The molecule has 7 nitrogen and oxygen atoms in total. The van der Waals surface area contributed by atoms with E-state index in [2.05, 4.69) is 5.10 Å². The van der Waals surface area contributed by atoms with Gasteiger partial charge in [0, 0.05) is 13.1 Å². The molecule has 0 N–H and O–H groups in total. The third-order valence-electron chi connectivity index (χ3n) is 3.09. The van der Waals surface area contributed by atoms with Crippen LogP contribution >= 0.6 is 11.6 Å². The standard InChI is InChI=1S/C15H17ClN2O5S/c1-9-5-12(22-10(2)8-19)7-13(6-9)23-24(20,21)14-11(3)17-18(4)15(14)16/h5-8,10H,1-4H3. The van der Waals surface area contributed by atoms with E-state index < -0.39 is 16.2 Å². The molecule has 1 aromatic heterocycles. The molecule has 0 amide bonds. The number of aromatic nitrogens is 2. The summed E-state index contributed by atoms with van der Waals surface area (Å²) >= 11 is 5.99. The molecule has 0 spiro atoms. The maximum atomic E-state index is 12.5. The molecule has 0 aliphatic carbocycles. The number of halogens is 1. The summed E-state index contributed by atoms with van der Waals surface area (Å²) in [6.45, 7) is 4.85. The fourth-order valence-electron chi connectivity index (χ4n) is 2.14. The maximum absolute atomic E-state index is 12.5. The molecule has 0 aliphatic heterocycles. The van der Waals surface area contributed by atoms with Gasteiger partial charge in [-0.15, -0.1) is 0 Å². The van der Waals surface area contributed by atoms with Crippen molar-refractivity contribution < 1.29 is 22.1 Å². The van der Waals surface area contributed by atoms with E-state index in [1.807, 2.05) is 0 Å². The predicted octanol–water partition coefficient (Wildman–Crippen LogP) is 2.42. The quantitative estimate of drug-likeness (QED) is 0.571. The molecule has 24 heavy (non-hydrogen) atoms. The van der Waals surface area contributed by atoms with Gasteiger partial charge in [0.2, 0.25) is 0 Å². The van der Waals surface area contributed by atoms with Crippen molar-refractivity contribution in [3.05, 3.63) is 34.6 Å². The van der Waals surface area contributed by atoms with E-state index in [4.69, 9.17) is 20.5 Å². The first-order valence-corrected chi connectivity index (χ1v) is 8.80. The van der Waals surface area contributed by atoms with Crippen molar-refractivity contribution in [2.45, 2.75) is 31.8 Å². The summed E-state index contributed by atoms with van der Waals surface area (Å²) < 4.78 is 36.8. The summed E-state index contributed by atoms with van der Waals surface area (Å²) in [5.74, 6) is 0.385. The van der Waals surface area contributed by atoms with E-state index in [0.717, 1.165) is 0 Å². The number of hydrogen-bond donors (Lipinski definition) is 0. The smallest absolute Gasteiger partial charge is 0.344 e. The molecular formula is C15H17ClN2O5S. The number of carbonyl (C=O) groups excluding carboxylic acids is 1. The molecule has 130 valence electrons. The van der Waals surface area contributed by atoms with Crippen molar-refractivity contribution in [3.63, 3.8) is 0 Å². The summed E-state index contributed by atoms with van der Waals surface area (Å²) in [6, 6.07) is 4.60. The minimum Gasteiger partial charge on any atom is -0.483 e. The topological polar surface area (TPSA) is 87.5 Å². The normalized spacial score (nSPS) is 12.7. The Morgan fingerprint density at radius 2 is 1.88 bits per heavy atom. The fourth-order valence-corrected chi connectivity index (χ4v) is 3.77. The summed E-state index contributed by atoms with van der Waals surface area (Å²) in [6.07, 6.45) is -0.0236. The molecular weight excluding hydrogens is 356 g/mol. The molecule has 2 rings (SSSR count). The molecule has 0 bridgehead atoms. The summed E-state index contributed by atoms with van der Waals surface area (Å²) in [7, 11) is -2.63. The van der Waals surface area contributed by atoms with E-state index in [1.54, 1.807) is 19.9 Å². The second-order valence-electron chi connectivity index (χ2n) is 5.31. The van der Waals surface area contributed by atoms with Gasteiger partial charge in [0.05, 0.1) is 5.69 Å². The third-order valence-corrected chi connectivity index (χ3v) is 5.04. The van der Waals surface area contributed by atoms with Gasteiger partial charge < -0.3 is 8.92 Å². The lowest BCUT2D eigenvalue weighted by molar-refractivity contribution is -0.113. The molecule has 0 saturated carbocycles. The maximum Gasteiger partial charge on any atom is 0.344 e. The highest BCUT2D eigenvalue weighted by molar-refractivity contribution is 7.87. The number of carbonyl (C=O) groups is 1. The number of hydrogen-bond acceptors (Lipinski definition) is 6. The first kappa shape index (κ1) is 18.3. The zero-order valence-corrected chi connectivity index (χ0v) is 15.2. The number of ether oxygens (including phenoxy) is 1. The number of nitrogens with zero attached hydrogens (tertiary/aromatic N) is 2. The van der Waals surface area contributed by atoms with Gasteiger partial charge in [0.15, 0.2) is 17.3 Å². The van der Waals surface area contributed by atoms with Crippen LogP contribution < -0.4 is 8.92 Å². The molecule has 0 aliphatic rings. The van der Waals surface area contributed by atoms with Crippen LogP contribution in [0.5, 0.6) is 11.5 Å². The van der Waals surface area contributed by atoms with Gasteiger partial charge in [-0.3, -0.25) is 9.48 Å². The van der Waals surface area contributed by atoms with Gasteiger partial charge >= 0.3 is 10.1 Å². The predicted molar refractivity (Wildman–Crippen MR) is 88.1 cm³/mol. The van der Waals surface area contributed by atoms with Crippen LogP contribution in [0.3, 0.4) is 0 Å². The SMILES string of the molecule is Cc1cc(OC(C)C=O)cc(OS(=O)(=O)c2c(C)nn(C)c2Cl)c1. The second kappa shape index (κ2) is 6.82. The number of aryl methyl sites for hydroxylation is 3. The van der Waals surface area contributed by atoms with Crippen molar-refractivity contribution in [2.24, 2.45) is 7.05 Å². The van der Waals surface area contributed by atoms with Crippen molar-refractivity contribution in [1.82, 2.24) is 9.78 Å². The lowest BCUT2D eigenvalue weighted by Crippen LogP contribution is -2.14. The van der Waals surface area contributed by atoms with Gasteiger partial charge in [0.25, 0.3) is 0 Å². The first-order chi connectivity index (χ1) is 11.1. The first-order valence-electron chi connectivity index (χ1n) is 7.01. The molecule has 1 heterocycles. The Balaban J connectivity index is 2.38. The summed E-state index contributed by atoms with van der Waals surface area (Å²) in [4.78, 5) is 10.5. The van der Waals surface area contributed by atoms with E-state index in [0.29, 0.717) is 17.6 Å². The van der Waals surface area contributed by atoms with Crippen molar-refractivity contribution in [3.8, 4) is 11.5 Å². The van der Waals surface area contributed by atoms with Crippen LogP contribution in [0, 0.1) is 13.8 Å². The van der Waals surface area contributed by atoms with Gasteiger partial charge in [-0.05, 0) is 38.5 Å². The number of aldehydes is 1. The lowest BCUT2D eigenvalue weighted by Gasteiger charge is -2.12. The van der Waals surface area contributed by atoms with E-state index in [9.17, 15) is 13.2 Å². The Labute approximate surface area is 145 Å². The van der Waals surface area contributed by atoms with E-state index >= 15 is 0 Å². The highest BCUT2D eigenvalue weighted by Crippen LogP contribution is 2.30. The summed E-state index contributed by atoms with van der Waals surface area (Å²) in [5.41, 5.74) is 0.950. The van der Waals surface area contributed by atoms with Gasteiger partial charge in [-0.2, -0.15) is 13.5 Å². The van der Waals surface area contributed by atoms with Gasteiger partial charge in [-0.1, -0.05) is 11.6 Å². The number of benzene rings is 1. The van der Waals surface area contributed by atoms with Crippen LogP contribution in [0.2, 0.25) is 5.15 Å². The van der Waals surface area contributed by atoms with Crippen LogP contribution in [-0.2, 0) is 22.0 Å². The minimum atomic E-state index is -4.16. The van der Waals surface area contributed by atoms with Gasteiger partial charge in [0.1, 0.15) is 16.7 Å². The van der Waals surface area contributed by atoms with Crippen molar-refractivity contribution in [1.29, 1.82) is 0 Å². The molecule has 1 unspecified atom stereocenters. The minimum absolute atomic E-state index is 0.0359. The Hall–Kier alpha value is -2.06. The monoisotopic (exact) mass is 372 g/mol. The summed E-state index contributed by atoms with van der Waals surface area (Å²) in [5, 5.41) is 3.93. The highest BCUT2D eigenvalue weighted by atomic mass is 35.5. The molecule has 1 aromatic carbocycles. The molecule has 1 atom stereocenters. The Kier molecular flexibility index (Phi) is 5.19. The van der Waals surface area contributed by atoms with Crippen LogP contribution in [0.4, 0.5) is 0 Å². The number of rotatable bonds is 6. The van der Waals surface area contributed by atoms with Crippen LogP contribution in [0.1, 0.15) is 18.2 Å². The average Bonchev–Trinajstić information content (AvgIpc) is 2.71. The fraction of sp³-hybridized carbons (Fsp3) is 0.333. The second-order valence-corrected chi connectivity index (χ2v) is 7.15. The zero-order valence-electron chi connectivity index (χ0n) is 13.6. The molecule has 0 saturated heterocycles. The van der Waals surface area contributed by atoms with Gasteiger partial charge in [-0.25, -0.2) is 0 Å². The largest absolute Gasteiger partial charge is 0.483 e. The van der Waals surface area contributed by atoms with Crippen molar-refractivity contribution >= 4 is 28.0 Å². The Morgan fingerprint density at radius 3 is 2.42 bits per heavy atom. The molecule has 0 fully saturated rings. The lowest BCUT2D eigenvalue weighted by atomic mass is 10.2. The van der Waals surface area contributed by atoms with Crippen LogP contribution in [-0.4, -0.2) is 30.6 Å². The molecule has 0 radical (unpaired) electrons. The average molecular weight is 373 g/mol. The van der Waals surface area contributed by atoms with Crippen LogP contribution in [0.15, 0.2) is 23.1 Å². The van der Waals surface area contributed by atoms with Crippen molar-refractivity contribution in [2.75, 3.05) is 0 Å². The zero-order chi connectivity index (χ0) is 18.1. The third kappa shape index (κ3) is 3.88. The molecule has 2 aromatic rings. The highest BCUT2D eigenvalue weighted by Gasteiger charge is 2.27. The van der Waals surface area contributed by atoms with E-state index in [-0.39, 0.29) is 21.5 Å². The Bertz CT molecular complexity index is 876. The van der Waals surface area contributed by atoms with Crippen LogP contribution in [0.25, 0.3) is 0 Å². The molecule has 9 heteroatoms. The van der Waals surface area contributed by atoms with E-state index in [1.165, 1.54) is 30.8 Å². The Morgan fingerprint density at radius 1 is 1.25 bits per heavy atom.